The number of nitrogens with one attached hydrogen (secondary N) is 2. The second kappa shape index (κ2) is 7.85. The summed E-state index contributed by atoms with van der Waals surface area (Å²) in [5.74, 6) is 1.50. The first-order valence-electron chi connectivity index (χ1n) is 11.0. The van der Waals surface area contributed by atoms with Crippen LogP contribution in [0.5, 0.6) is 0 Å². The molecule has 0 radical (unpaired) electrons. The quantitative estimate of drug-likeness (QED) is 0.784. The molecule has 1 spiro atoms. The molecule has 160 valence electrons. The number of benzene rings is 1. The highest BCUT2D eigenvalue weighted by Gasteiger charge is 2.46. The third kappa shape index (κ3) is 3.28. The van der Waals surface area contributed by atoms with Crippen LogP contribution in [0.2, 0.25) is 0 Å². The third-order valence-corrected chi connectivity index (χ3v) is 7.09. The van der Waals surface area contributed by atoms with E-state index in [0.29, 0.717) is 12.5 Å². The summed E-state index contributed by atoms with van der Waals surface area (Å²) in [6.45, 7) is 5.30. The molecule has 0 unspecified atom stereocenters. The van der Waals surface area contributed by atoms with Gasteiger partial charge in [0.2, 0.25) is 0 Å². The monoisotopic (exact) mass is 413 g/mol. The average molecular weight is 414 g/mol. The predicted molar refractivity (Wildman–Crippen MR) is 114 cm³/mol. The summed E-state index contributed by atoms with van der Waals surface area (Å²) in [5.41, 5.74) is 6.14. The highest BCUT2D eigenvalue weighted by atomic mass is 19.3. The SMILES string of the molecule is C[C@@H]1CCc2ncnc(N3CC4(CCNCC4)c4c(CNCC(F)F)cccc43)c21. The lowest BCUT2D eigenvalue weighted by atomic mass is 9.73. The molecule has 5 nitrogen and oxygen atoms in total. The normalized spacial score (nSPS) is 22.0. The van der Waals surface area contributed by atoms with Crippen molar-refractivity contribution >= 4 is 11.5 Å². The summed E-state index contributed by atoms with van der Waals surface area (Å²) in [7, 11) is 0. The maximum absolute atomic E-state index is 12.7. The third-order valence-electron chi connectivity index (χ3n) is 7.09. The molecule has 3 aliphatic rings. The van der Waals surface area contributed by atoms with E-state index in [2.05, 4.69) is 45.6 Å². The molecule has 30 heavy (non-hydrogen) atoms. The summed E-state index contributed by atoms with van der Waals surface area (Å²) in [5, 5.41) is 6.44. The number of hydrogen-bond acceptors (Lipinski definition) is 5. The molecule has 2 aliphatic heterocycles. The maximum Gasteiger partial charge on any atom is 0.250 e. The lowest BCUT2D eigenvalue weighted by Gasteiger charge is -2.36. The Kier molecular flexibility index (Phi) is 5.19. The number of fused-ring (bicyclic) bond motifs is 3. The zero-order valence-electron chi connectivity index (χ0n) is 17.4. The Labute approximate surface area is 176 Å². The van der Waals surface area contributed by atoms with Crippen molar-refractivity contribution in [3.63, 3.8) is 0 Å². The molecule has 2 N–H and O–H groups in total. The number of alkyl halides is 2. The zero-order chi connectivity index (χ0) is 20.7. The van der Waals surface area contributed by atoms with Crippen molar-refractivity contribution in [2.75, 3.05) is 31.1 Å². The van der Waals surface area contributed by atoms with Crippen LogP contribution in [0.15, 0.2) is 24.5 Å². The summed E-state index contributed by atoms with van der Waals surface area (Å²) >= 11 is 0. The fraction of sp³-hybridized carbons (Fsp3) is 0.565. The number of halogens is 2. The molecule has 3 heterocycles. The van der Waals surface area contributed by atoms with Gasteiger partial charge >= 0.3 is 0 Å². The van der Waals surface area contributed by atoms with E-state index in [9.17, 15) is 8.78 Å². The number of nitrogens with zero attached hydrogens (tertiary/aromatic N) is 3. The minimum absolute atomic E-state index is 0.0311. The Morgan fingerprint density at radius 1 is 1.27 bits per heavy atom. The molecular formula is C23H29F2N5. The summed E-state index contributed by atoms with van der Waals surface area (Å²) in [6.07, 6.45) is 3.59. The smallest absolute Gasteiger partial charge is 0.250 e. The molecule has 0 bridgehead atoms. The van der Waals surface area contributed by atoms with Crippen LogP contribution in [0.4, 0.5) is 20.3 Å². The Bertz CT molecular complexity index is 926. The van der Waals surface area contributed by atoms with Crippen molar-refractivity contribution in [2.45, 2.75) is 56.9 Å². The minimum Gasteiger partial charge on any atom is -0.325 e. The van der Waals surface area contributed by atoms with Gasteiger partial charge in [-0.15, -0.1) is 0 Å². The predicted octanol–water partition coefficient (Wildman–Crippen LogP) is 3.65. The van der Waals surface area contributed by atoms with E-state index >= 15 is 0 Å². The molecule has 1 saturated heterocycles. The van der Waals surface area contributed by atoms with Gasteiger partial charge < -0.3 is 15.5 Å². The Balaban J connectivity index is 1.59. The van der Waals surface area contributed by atoms with Crippen LogP contribution in [-0.4, -0.2) is 42.6 Å². The van der Waals surface area contributed by atoms with Crippen LogP contribution in [0, 0.1) is 0 Å². The van der Waals surface area contributed by atoms with Gasteiger partial charge in [0.15, 0.2) is 0 Å². The van der Waals surface area contributed by atoms with Gasteiger partial charge in [-0.2, -0.15) is 0 Å². The number of aryl methyl sites for hydroxylation is 1. The minimum atomic E-state index is -2.34. The van der Waals surface area contributed by atoms with E-state index in [1.807, 2.05) is 0 Å². The highest BCUT2D eigenvalue weighted by molar-refractivity contribution is 5.75. The van der Waals surface area contributed by atoms with E-state index < -0.39 is 6.43 Å². The van der Waals surface area contributed by atoms with Gasteiger partial charge in [0, 0.05) is 35.4 Å². The zero-order valence-corrected chi connectivity index (χ0v) is 17.4. The number of anilines is 2. The number of rotatable bonds is 5. The molecule has 1 aromatic carbocycles. The van der Waals surface area contributed by atoms with E-state index in [-0.39, 0.29) is 12.0 Å². The maximum atomic E-state index is 12.7. The highest BCUT2D eigenvalue weighted by Crippen LogP contribution is 2.51. The first-order chi connectivity index (χ1) is 14.6. The van der Waals surface area contributed by atoms with Gasteiger partial charge in [0.05, 0.1) is 6.54 Å². The van der Waals surface area contributed by atoms with Crippen molar-refractivity contribution in [3.05, 3.63) is 46.9 Å². The van der Waals surface area contributed by atoms with Crippen LogP contribution >= 0.6 is 0 Å². The van der Waals surface area contributed by atoms with Crippen LogP contribution in [0.25, 0.3) is 0 Å². The van der Waals surface area contributed by atoms with Crippen molar-refractivity contribution in [3.8, 4) is 0 Å². The van der Waals surface area contributed by atoms with Crippen LogP contribution < -0.4 is 15.5 Å². The summed E-state index contributed by atoms with van der Waals surface area (Å²) in [6, 6.07) is 6.32. The van der Waals surface area contributed by atoms with Gasteiger partial charge in [0.1, 0.15) is 12.1 Å². The first-order valence-corrected chi connectivity index (χ1v) is 11.0. The van der Waals surface area contributed by atoms with E-state index in [0.717, 1.165) is 56.7 Å². The molecule has 0 saturated carbocycles. The number of piperidine rings is 1. The van der Waals surface area contributed by atoms with Gasteiger partial charge in [-0.25, -0.2) is 18.7 Å². The van der Waals surface area contributed by atoms with E-state index in [1.165, 1.54) is 22.5 Å². The lowest BCUT2D eigenvalue weighted by Crippen LogP contribution is -2.43. The van der Waals surface area contributed by atoms with E-state index in [1.54, 1.807) is 6.33 Å². The Morgan fingerprint density at radius 2 is 2.10 bits per heavy atom. The summed E-state index contributed by atoms with van der Waals surface area (Å²) < 4.78 is 25.4. The summed E-state index contributed by atoms with van der Waals surface area (Å²) in [4.78, 5) is 11.7. The molecule has 5 rings (SSSR count). The first kappa shape index (κ1) is 19.8. The molecule has 0 amide bonds. The van der Waals surface area contributed by atoms with Crippen LogP contribution in [-0.2, 0) is 18.4 Å². The molecular weight excluding hydrogens is 384 g/mol. The fourth-order valence-electron chi connectivity index (χ4n) is 5.69. The molecule has 1 aromatic heterocycles. The number of hydrogen-bond donors (Lipinski definition) is 2. The van der Waals surface area contributed by atoms with Gasteiger partial charge in [-0.3, -0.25) is 0 Å². The largest absolute Gasteiger partial charge is 0.325 e. The molecule has 1 fully saturated rings. The standard InChI is InChI=1S/C23H29F2N5/c1-15-5-6-17-20(15)22(29-14-28-17)30-13-23(7-9-26-10-8-23)21-16(3-2-4-18(21)30)11-27-12-19(24)25/h2-4,14-15,19,26-27H,5-13H2,1H3/t15-/m1/s1. The molecule has 7 heteroatoms. The fourth-order valence-corrected chi connectivity index (χ4v) is 5.69. The molecule has 1 atom stereocenters. The van der Waals surface area contributed by atoms with Crippen LogP contribution in [0.1, 0.15) is 54.5 Å². The van der Waals surface area contributed by atoms with Crippen molar-refractivity contribution in [1.82, 2.24) is 20.6 Å². The van der Waals surface area contributed by atoms with Gasteiger partial charge in [-0.05, 0) is 61.9 Å². The van der Waals surface area contributed by atoms with E-state index in [4.69, 9.17) is 4.98 Å². The van der Waals surface area contributed by atoms with Crippen LogP contribution in [0.3, 0.4) is 0 Å². The van der Waals surface area contributed by atoms with Crippen molar-refractivity contribution in [1.29, 1.82) is 0 Å². The Morgan fingerprint density at radius 3 is 2.90 bits per heavy atom. The van der Waals surface area contributed by atoms with Gasteiger partial charge in [-0.1, -0.05) is 19.1 Å². The topological polar surface area (TPSA) is 53.1 Å². The Hall–Kier alpha value is -2.12. The molecule has 1 aliphatic carbocycles. The number of aromatic nitrogens is 2. The lowest BCUT2D eigenvalue weighted by molar-refractivity contribution is 0.145. The average Bonchev–Trinajstić information content (AvgIpc) is 3.28. The van der Waals surface area contributed by atoms with Crippen molar-refractivity contribution < 1.29 is 8.78 Å². The van der Waals surface area contributed by atoms with Crippen molar-refractivity contribution in [2.24, 2.45) is 0 Å². The molecule has 2 aromatic rings. The van der Waals surface area contributed by atoms with Gasteiger partial charge in [0.25, 0.3) is 6.43 Å². The second-order valence-electron chi connectivity index (χ2n) is 8.95. The second-order valence-corrected chi connectivity index (χ2v) is 8.95.